The maximum absolute atomic E-state index is 13.4. The molecule has 0 saturated heterocycles. The minimum Gasteiger partial charge on any atom is -0.495 e. The van der Waals surface area contributed by atoms with Gasteiger partial charge in [0.15, 0.2) is 0 Å². The van der Waals surface area contributed by atoms with Crippen molar-refractivity contribution in [2.24, 2.45) is 0 Å². The maximum atomic E-state index is 13.4. The highest BCUT2D eigenvalue weighted by atomic mass is 35.5. The molecule has 0 atom stereocenters. The highest BCUT2D eigenvalue weighted by molar-refractivity contribution is 7.92. The Morgan fingerprint density at radius 1 is 1.00 bits per heavy atom. The molecule has 0 fully saturated rings. The first-order chi connectivity index (χ1) is 16.2. The van der Waals surface area contributed by atoms with Crippen molar-refractivity contribution < 1.29 is 22.7 Å². The van der Waals surface area contributed by atoms with Crippen LogP contribution in [0.15, 0.2) is 71.6 Å². The van der Waals surface area contributed by atoms with E-state index in [2.05, 4.69) is 5.32 Å². The number of hydrogen-bond donors (Lipinski definition) is 1. The van der Waals surface area contributed by atoms with E-state index in [9.17, 15) is 13.2 Å². The number of ether oxygens (including phenoxy) is 2. The fraction of sp³-hybridized carbons (Fsp3) is 0.240. The van der Waals surface area contributed by atoms with Crippen LogP contribution in [0.4, 0.5) is 5.69 Å². The van der Waals surface area contributed by atoms with Crippen molar-refractivity contribution in [3.05, 3.63) is 82.9 Å². The summed E-state index contributed by atoms with van der Waals surface area (Å²) in [7, 11) is -2.66. The largest absolute Gasteiger partial charge is 0.495 e. The molecule has 0 bridgehead atoms. The van der Waals surface area contributed by atoms with E-state index >= 15 is 0 Å². The number of sulfonamides is 1. The third-order valence-corrected chi connectivity index (χ3v) is 7.21. The van der Waals surface area contributed by atoms with Crippen LogP contribution in [0, 0.1) is 13.8 Å². The monoisotopic (exact) mass is 502 g/mol. The van der Waals surface area contributed by atoms with E-state index in [0.717, 1.165) is 15.4 Å². The number of rotatable bonds is 10. The number of nitrogens with zero attached hydrogens (tertiary/aromatic N) is 1. The summed E-state index contributed by atoms with van der Waals surface area (Å²) >= 11 is 6.14. The molecule has 0 unspecified atom stereocenters. The molecule has 3 aromatic rings. The lowest BCUT2D eigenvalue weighted by Crippen LogP contribution is -2.42. The molecule has 180 valence electrons. The first kappa shape index (κ1) is 25.4. The van der Waals surface area contributed by atoms with Crippen LogP contribution in [0.2, 0.25) is 5.02 Å². The summed E-state index contributed by atoms with van der Waals surface area (Å²) in [5.41, 5.74) is 2.44. The topological polar surface area (TPSA) is 84.9 Å². The fourth-order valence-electron chi connectivity index (χ4n) is 3.23. The zero-order valence-electron chi connectivity index (χ0n) is 19.2. The zero-order valence-corrected chi connectivity index (χ0v) is 20.8. The van der Waals surface area contributed by atoms with Gasteiger partial charge < -0.3 is 14.8 Å². The van der Waals surface area contributed by atoms with Crippen molar-refractivity contribution >= 4 is 33.2 Å². The molecule has 1 amide bonds. The van der Waals surface area contributed by atoms with E-state index in [-0.39, 0.29) is 29.5 Å². The Hall–Kier alpha value is -3.23. The molecule has 0 aromatic heterocycles. The molecule has 0 aliphatic carbocycles. The van der Waals surface area contributed by atoms with Crippen molar-refractivity contribution in [3.63, 3.8) is 0 Å². The fourth-order valence-corrected chi connectivity index (χ4v) is 4.84. The first-order valence-corrected chi connectivity index (χ1v) is 12.4. The summed E-state index contributed by atoms with van der Waals surface area (Å²) in [6.45, 7) is 3.99. The van der Waals surface area contributed by atoms with Gasteiger partial charge in [-0.3, -0.25) is 9.10 Å². The molecule has 34 heavy (non-hydrogen) atoms. The summed E-state index contributed by atoms with van der Waals surface area (Å²) in [6, 6.07) is 18.2. The van der Waals surface area contributed by atoms with E-state index < -0.39 is 22.5 Å². The van der Waals surface area contributed by atoms with Crippen LogP contribution in [0.3, 0.4) is 0 Å². The molecular formula is C25H27ClN2O5S. The second-order valence-corrected chi connectivity index (χ2v) is 9.88. The molecule has 1 N–H and O–H groups in total. The van der Waals surface area contributed by atoms with Crippen LogP contribution < -0.4 is 19.1 Å². The molecule has 3 aromatic carbocycles. The van der Waals surface area contributed by atoms with Crippen molar-refractivity contribution in [2.75, 3.05) is 31.1 Å². The lowest BCUT2D eigenvalue weighted by Gasteiger charge is -2.25. The zero-order chi connectivity index (χ0) is 24.7. The van der Waals surface area contributed by atoms with Gasteiger partial charge in [0.25, 0.3) is 10.0 Å². The van der Waals surface area contributed by atoms with E-state index in [1.807, 2.05) is 32.0 Å². The standard InChI is InChI=1S/C25H27ClN2O5S/c1-18-9-11-21(15-19(18)2)33-14-13-27-25(29)17-28(23-16-20(26)10-12-24(23)32-3)34(30,31)22-7-5-4-6-8-22/h4-12,15-16H,13-14,17H2,1-3H3,(H,27,29). The van der Waals surface area contributed by atoms with Gasteiger partial charge >= 0.3 is 0 Å². The number of benzene rings is 3. The Bertz CT molecular complexity index is 1250. The van der Waals surface area contributed by atoms with Gasteiger partial charge in [-0.15, -0.1) is 0 Å². The molecule has 0 aliphatic rings. The van der Waals surface area contributed by atoms with E-state index in [0.29, 0.717) is 10.8 Å². The van der Waals surface area contributed by atoms with Crippen LogP contribution in [0.25, 0.3) is 0 Å². The van der Waals surface area contributed by atoms with Crippen LogP contribution in [0.1, 0.15) is 11.1 Å². The molecule has 0 saturated carbocycles. The molecular weight excluding hydrogens is 476 g/mol. The Kier molecular flexibility index (Phi) is 8.41. The summed E-state index contributed by atoms with van der Waals surface area (Å²) in [5.74, 6) is 0.481. The normalized spacial score (nSPS) is 11.1. The SMILES string of the molecule is COc1ccc(Cl)cc1N(CC(=O)NCCOc1ccc(C)c(C)c1)S(=O)(=O)c1ccccc1. The summed E-state index contributed by atoms with van der Waals surface area (Å²) in [5, 5.41) is 3.02. The maximum Gasteiger partial charge on any atom is 0.264 e. The van der Waals surface area contributed by atoms with Gasteiger partial charge in [-0.25, -0.2) is 8.42 Å². The van der Waals surface area contributed by atoms with Crippen LogP contribution in [-0.4, -0.2) is 41.1 Å². The molecule has 7 nitrogen and oxygen atoms in total. The van der Waals surface area contributed by atoms with E-state index in [4.69, 9.17) is 21.1 Å². The molecule has 3 rings (SSSR count). The molecule has 9 heteroatoms. The average Bonchev–Trinajstić information content (AvgIpc) is 2.83. The third kappa shape index (κ3) is 6.21. The lowest BCUT2D eigenvalue weighted by atomic mass is 10.1. The Morgan fingerprint density at radius 3 is 2.41 bits per heavy atom. The summed E-state index contributed by atoms with van der Waals surface area (Å²) < 4.78 is 38.9. The van der Waals surface area contributed by atoms with Gasteiger partial charge in [0.1, 0.15) is 24.7 Å². The van der Waals surface area contributed by atoms with Crippen LogP contribution in [-0.2, 0) is 14.8 Å². The van der Waals surface area contributed by atoms with Gasteiger partial charge in [0.2, 0.25) is 5.91 Å². The van der Waals surface area contributed by atoms with Gasteiger partial charge in [0.05, 0.1) is 24.2 Å². The summed E-state index contributed by atoms with van der Waals surface area (Å²) in [6.07, 6.45) is 0. The number of nitrogens with one attached hydrogen (secondary N) is 1. The number of amides is 1. The minimum absolute atomic E-state index is 0.0444. The van der Waals surface area contributed by atoms with Crippen molar-refractivity contribution in [2.45, 2.75) is 18.7 Å². The predicted molar refractivity (Wildman–Crippen MR) is 133 cm³/mol. The quantitative estimate of drug-likeness (QED) is 0.416. The lowest BCUT2D eigenvalue weighted by molar-refractivity contribution is -0.119. The van der Waals surface area contributed by atoms with Gasteiger partial charge in [-0.2, -0.15) is 0 Å². The number of methoxy groups -OCH3 is 1. The van der Waals surface area contributed by atoms with E-state index in [1.54, 1.807) is 30.3 Å². The van der Waals surface area contributed by atoms with E-state index in [1.165, 1.54) is 25.3 Å². The molecule has 0 spiro atoms. The Labute approximate surface area is 205 Å². The second kappa shape index (κ2) is 11.3. The van der Waals surface area contributed by atoms with Crippen molar-refractivity contribution in [1.82, 2.24) is 5.32 Å². The first-order valence-electron chi connectivity index (χ1n) is 10.6. The molecule has 0 radical (unpaired) electrons. The van der Waals surface area contributed by atoms with Crippen molar-refractivity contribution in [3.8, 4) is 11.5 Å². The number of halogens is 1. The number of aryl methyl sites for hydroxylation is 2. The summed E-state index contributed by atoms with van der Waals surface area (Å²) in [4.78, 5) is 12.8. The Morgan fingerprint density at radius 2 is 1.74 bits per heavy atom. The van der Waals surface area contributed by atoms with Crippen LogP contribution in [0.5, 0.6) is 11.5 Å². The smallest absolute Gasteiger partial charge is 0.264 e. The van der Waals surface area contributed by atoms with Gasteiger partial charge in [-0.05, 0) is 67.4 Å². The van der Waals surface area contributed by atoms with Gasteiger partial charge in [0, 0.05) is 5.02 Å². The van der Waals surface area contributed by atoms with Crippen LogP contribution >= 0.6 is 11.6 Å². The Balaban J connectivity index is 1.76. The highest BCUT2D eigenvalue weighted by Gasteiger charge is 2.29. The van der Waals surface area contributed by atoms with Crippen molar-refractivity contribution in [1.29, 1.82) is 0 Å². The average molecular weight is 503 g/mol. The highest BCUT2D eigenvalue weighted by Crippen LogP contribution is 2.34. The molecule has 0 aliphatic heterocycles. The third-order valence-electron chi connectivity index (χ3n) is 5.20. The predicted octanol–water partition coefficient (Wildman–Crippen LogP) is 4.36. The number of anilines is 1. The molecule has 0 heterocycles. The number of hydrogen-bond acceptors (Lipinski definition) is 5. The van der Waals surface area contributed by atoms with Gasteiger partial charge in [-0.1, -0.05) is 35.9 Å². The number of carbonyl (C=O) groups is 1. The second-order valence-electron chi connectivity index (χ2n) is 7.59. The number of carbonyl (C=O) groups excluding carboxylic acids is 1. The minimum atomic E-state index is -4.08.